The average molecular weight is 386 g/mol. The minimum Gasteiger partial charge on any atom is -0.491 e. The molecule has 0 spiro atoms. The lowest BCUT2D eigenvalue weighted by atomic mass is 10.1. The number of aryl methyl sites for hydroxylation is 1. The van der Waals surface area contributed by atoms with Crippen LogP contribution in [-0.4, -0.2) is 27.0 Å². The molecule has 6 nitrogen and oxygen atoms in total. The Morgan fingerprint density at radius 2 is 1.62 bits per heavy atom. The minimum atomic E-state index is -0.181. The summed E-state index contributed by atoms with van der Waals surface area (Å²) in [5.74, 6) is 0.561. The average Bonchev–Trinajstić information content (AvgIpc) is 3.11. The lowest BCUT2D eigenvalue weighted by Gasteiger charge is -2.11. The van der Waals surface area contributed by atoms with Crippen LogP contribution >= 0.6 is 0 Å². The number of aromatic nitrogens is 3. The fraction of sp³-hybridized carbons (Fsp3) is 0.174. The molecule has 4 aromatic rings. The fourth-order valence-electron chi connectivity index (χ4n) is 3.03. The Kier molecular flexibility index (Phi) is 4.99. The van der Waals surface area contributed by atoms with E-state index in [0.29, 0.717) is 11.3 Å². The van der Waals surface area contributed by atoms with Gasteiger partial charge in [0, 0.05) is 11.3 Å². The SMILES string of the molecule is Cc1cc2nn(-c3ccccc3)nc2cc1NC(=O)c1ccc(OC(C)C)cc1. The molecule has 0 aliphatic heterocycles. The van der Waals surface area contributed by atoms with E-state index < -0.39 is 0 Å². The van der Waals surface area contributed by atoms with Crippen LogP contribution in [0.5, 0.6) is 5.75 Å². The van der Waals surface area contributed by atoms with Gasteiger partial charge in [0.1, 0.15) is 16.8 Å². The Morgan fingerprint density at radius 3 is 2.28 bits per heavy atom. The van der Waals surface area contributed by atoms with Gasteiger partial charge in [-0.25, -0.2) is 0 Å². The van der Waals surface area contributed by atoms with Gasteiger partial charge in [0.15, 0.2) is 0 Å². The number of ether oxygens (including phenoxy) is 1. The summed E-state index contributed by atoms with van der Waals surface area (Å²) >= 11 is 0. The molecule has 6 heteroatoms. The van der Waals surface area contributed by atoms with Crippen molar-refractivity contribution >= 4 is 22.6 Å². The van der Waals surface area contributed by atoms with Crippen molar-refractivity contribution in [3.8, 4) is 11.4 Å². The summed E-state index contributed by atoms with van der Waals surface area (Å²) in [7, 11) is 0. The molecule has 0 bridgehead atoms. The standard InChI is InChI=1S/C23H22N4O2/c1-15(2)29-19-11-9-17(10-12-19)23(28)24-20-14-22-21(13-16(20)3)25-27(26-22)18-7-5-4-6-8-18/h4-15H,1-3H3,(H,24,28). The zero-order valence-electron chi connectivity index (χ0n) is 16.6. The van der Waals surface area contributed by atoms with Gasteiger partial charge in [-0.15, -0.1) is 10.2 Å². The van der Waals surface area contributed by atoms with E-state index in [1.54, 1.807) is 29.1 Å². The van der Waals surface area contributed by atoms with E-state index in [1.807, 2.05) is 63.2 Å². The maximum absolute atomic E-state index is 12.7. The normalized spacial score (nSPS) is 11.0. The minimum absolute atomic E-state index is 0.0911. The highest BCUT2D eigenvalue weighted by Crippen LogP contribution is 2.23. The van der Waals surface area contributed by atoms with Gasteiger partial charge in [-0.2, -0.15) is 4.80 Å². The van der Waals surface area contributed by atoms with Crippen molar-refractivity contribution in [2.24, 2.45) is 0 Å². The van der Waals surface area contributed by atoms with Gasteiger partial charge in [0.25, 0.3) is 5.91 Å². The lowest BCUT2D eigenvalue weighted by Crippen LogP contribution is -2.13. The third kappa shape index (κ3) is 4.11. The number of anilines is 1. The topological polar surface area (TPSA) is 69.0 Å². The number of benzene rings is 3. The Balaban J connectivity index is 1.57. The van der Waals surface area contributed by atoms with Crippen molar-refractivity contribution in [3.63, 3.8) is 0 Å². The molecule has 0 unspecified atom stereocenters. The quantitative estimate of drug-likeness (QED) is 0.536. The number of fused-ring (bicyclic) bond motifs is 1. The van der Waals surface area contributed by atoms with E-state index in [-0.39, 0.29) is 12.0 Å². The molecular weight excluding hydrogens is 364 g/mol. The highest BCUT2D eigenvalue weighted by molar-refractivity contribution is 6.05. The second-order valence-corrected chi connectivity index (χ2v) is 7.13. The molecule has 3 aromatic carbocycles. The van der Waals surface area contributed by atoms with E-state index in [1.165, 1.54) is 0 Å². The first-order valence-electron chi connectivity index (χ1n) is 9.51. The Labute approximate surface area is 169 Å². The van der Waals surface area contributed by atoms with Crippen LogP contribution in [-0.2, 0) is 0 Å². The lowest BCUT2D eigenvalue weighted by molar-refractivity contribution is 0.102. The fourth-order valence-corrected chi connectivity index (χ4v) is 3.03. The maximum Gasteiger partial charge on any atom is 0.255 e. The van der Waals surface area contributed by atoms with Crippen molar-refractivity contribution in [2.45, 2.75) is 26.9 Å². The Hall–Kier alpha value is -3.67. The third-order valence-electron chi connectivity index (χ3n) is 4.45. The van der Waals surface area contributed by atoms with E-state index in [4.69, 9.17) is 4.74 Å². The van der Waals surface area contributed by atoms with Gasteiger partial charge in [0.2, 0.25) is 0 Å². The number of amides is 1. The molecule has 0 saturated carbocycles. The summed E-state index contributed by atoms with van der Waals surface area (Å²) in [5.41, 5.74) is 4.58. The zero-order chi connectivity index (χ0) is 20.4. The number of para-hydroxylation sites is 1. The summed E-state index contributed by atoms with van der Waals surface area (Å²) in [6.07, 6.45) is 0.0911. The molecule has 1 aromatic heterocycles. The molecule has 0 radical (unpaired) electrons. The third-order valence-corrected chi connectivity index (χ3v) is 4.45. The molecule has 0 aliphatic carbocycles. The van der Waals surface area contributed by atoms with Gasteiger partial charge in [-0.05, 0) is 74.9 Å². The summed E-state index contributed by atoms with van der Waals surface area (Å²) in [4.78, 5) is 14.3. The summed E-state index contributed by atoms with van der Waals surface area (Å²) in [6, 6.07) is 20.6. The van der Waals surface area contributed by atoms with Crippen LogP contribution in [0.2, 0.25) is 0 Å². The number of carbonyl (C=O) groups is 1. The highest BCUT2D eigenvalue weighted by atomic mass is 16.5. The van der Waals surface area contributed by atoms with Crippen LogP contribution in [0.15, 0.2) is 66.7 Å². The molecule has 1 amide bonds. The molecule has 1 N–H and O–H groups in total. The molecule has 4 rings (SSSR count). The largest absolute Gasteiger partial charge is 0.491 e. The Bertz CT molecular complexity index is 1150. The molecule has 146 valence electrons. The highest BCUT2D eigenvalue weighted by Gasteiger charge is 2.12. The van der Waals surface area contributed by atoms with Crippen molar-refractivity contribution in [3.05, 3.63) is 77.9 Å². The number of carbonyl (C=O) groups excluding carboxylic acids is 1. The monoisotopic (exact) mass is 386 g/mol. The summed E-state index contributed by atoms with van der Waals surface area (Å²) in [5, 5.41) is 12.0. The van der Waals surface area contributed by atoms with Crippen molar-refractivity contribution in [1.29, 1.82) is 0 Å². The predicted molar refractivity (Wildman–Crippen MR) is 114 cm³/mol. The van der Waals surface area contributed by atoms with Crippen molar-refractivity contribution in [2.75, 3.05) is 5.32 Å². The number of rotatable bonds is 5. The molecule has 0 fully saturated rings. The van der Waals surface area contributed by atoms with Gasteiger partial charge in [0.05, 0.1) is 11.8 Å². The smallest absolute Gasteiger partial charge is 0.255 e. The first-order chi connectivity index (χ1) is 14.0. The summed E-state index contributed by atoms with van der Waals surface area (Å²) in [6.45, 7) is 5.87. The van der Waals surface area contributed by atoms with Crippen LogP contribution in [0.1, 0.15) is 29.8 Å². The second kappa shape index (κ2) is 7.75. The van der Waals surface area contributed by atoms with Gasteiger partial charge >= 0.3 is 0 Å². The van der Waals surface area contributed by atoms with E-state index in [0.717, 1.165) is 28.0 Å². The number of nitrogens with one attached hydrogen (secondary N) is 1. The van der Waals surface area contributed by atoms with Gasteiger partial charge in [-0.3, -0.25) is 4.79 Å². The Morgan fingerprint density at radius 1 is 0.966 bits per heavy atom. The number of nitrogens with zero attached hydrogens (tertiary/aromatic N) is 3. The maximum atomic E-state index is 12.7. The molecule has 0 aliphatic rings. The van der Waals surface area contributed by atoms with Gasteiger partial charge in [-0.1, -0.05) is 18.2 Å². The number of hydrogen-bond donors (Lipinski definition) is 1. The van der Waals surface area contributed by atoms with E-state index in [2.05, 4.69) is 15.5 Å². The first-order valence-corrected chi connectivity index (χ1v) is 9.51. The number of hydrogen-bond acceptors (Lipinski definition) is 4. The van der Waals surface area contributed by atoms with Crippen LogP contribution in [0.3, 0.4) is 0 Å². The second-order valence-electron chi connectivity index (χ2n) is 7.13. The summed E-state index contributed by atoms with van der Waals surface area (Å²) < 4.78 is 5.62. The van der Waals surface area contributed by atoms with Crippen LogP contribution < -0.4 is 10.1 Å². The van der Waals surface area contributed by atoms with Crippen LogP contribution in [0.25, 0.3) is 16.7 Å². The van der Waals surface area contributed by atoms with Crippen LogP contribution in [0.4, 0.5) is 5.69 Å². The molecule has 29 heavy (non-hydrogen) atoms. The molecule has 0 saturated heterocycles. The molecule has 1 heterocycles. The van der Waals surface area contributed by atoms with Crippen LogP contribution in [0, 0.1) is 6.92 Å². The molecule has 0 atom stereocenters. The van der Waals surface area contributed by atoms with Crippen molar-refractivity contribution in [1.82, 2.24) is 15.0 Å². The zero-order valence-corrected chi connectivity index (χ0v) is 16.6. The predicted octanol–water partition coefficient (Wildman–Crippen LogP) is 4.77. The van der Waals surface area contributed by atoms with Gasteiger partial charge < -0.3 is 10.1 Å². The first kappa shape index (κ1) is 18.7. The molecular formula is C23H22N4O2. The van der Waals surface area contributed by atoms with E-state index in [9.17, 15) is 4.79 Å². The van der Waals surface area contributed by atoms with E-state index >= 15 is 0 Å². The van der Waals surface area contributed by atoms with Crippen molar-refractivity contribution < 1.29 is 9.53 Å².